The van der Waals surface area contributed by atoms with Gasteiger partial charge in [0, 0.05) is 23.8 Å². The van der Waals surface area contributed by atoms with Crippen LogP contribution in [0.1, 0.15) is 47.3 Å². The molecule has 1 atom stereocenters. The highest BCUT2D eigenvalue weighted by atomic mass is 79.9. The van der Waals surface area contributed by atoms with Crippen molar-refractivity contribution >= 4 is 38.9 Å². The van der Waals surface area contributed by atoms with Crippen LogP contribution >= 0.6 is 15.9 Å². The molecule has 0 unspecified atom stereocenters. The van der Waals surface area contributed by atoms with E-state index in [0.29, 0.717) is 47.2 Å². The molecule has 194 valence electrons. The summed E-state index contributed by atoms with van der Waals surface area (Å²) in [6, 6.07) is 7.23. The fourth-order valence-electron chi connectivity index (χ4n) is 5.13. The van der Waals surface area contributed by atoms with E-state index in [1.165, 1.54) is 12.8 Å². The number of aryl methyl sites for hydroxylation is 3. The van der Waals surface area contributed by atoms with Crippen molar-refractivity contribution in [3.05, 3.63) is 51.8 Å². The average Bonchev–Trinajstić information content (AvgIpc) is 3.54. The molecule has 10 heteroatoms. The molecule has 4 aromatic rings. The van der Waals surface area contributed by atoms with Crippen LogP contribution < -0.4 is 10.5 Å². The Kier molecular flexibility index (Phi) is 6.94. The summed E-state index contributed by atoms with van der Waals surface area (Å²) in [5.41, 5.74) is 11.6. The number of carboxylic acid groups (broad SMARTS) is 1. The van der Waals surface area contributed by atoms with Crippen molar-refractivity contribution in [3.63, 3.8) is 0 Å². The smallest absolute Gasteiger partial charge is 0.335 e. The fourth-order valence-corrected chi connectivity index (χ4v) is 5.69. The van der Waals surface area contributed by atoms with Crippen molar-refractivity contribution in [2.45, 2.75) is 46.1 Å². The Balaban J connectivity index is 1.27. The van der Waals surface area contributed by atoms with E-state index in [0.717, 1.165) is 40.5 Å². The van der Waals surface area contributed by atoms with Crippen molar-refractivity contribution in [2.24, 2.45) is 18.9 Å². The number of carboxylic acids is 1. The van der Waals surface area contributed by atoms with Crippen LogP contribution in [0.25, 0.3) is 22.3 Å². The van der Waals surface area contributed by atoms with Crippen molar-refractivity contribution in [1.82, 2.24) is 24.3 Å². The molecule has 1 aromatic carbocycles. The van der Waals surface area contributed by atoms with Gasteiger partial charge in [-0.05, 0) is 81.2 Å². The number of fused-ring (bicyclic) bond motifs is 1. The van der Waals surface area contributed by atoms with Crippen molar-refractivity contribution < 1.29 is 14.6 Å². The van der Waals surface area contributed by atoms with Crippen LogP contribution in [0.3, 0.4) is 0 Å². The summed E-state index contributed by atoms with van der Waals surface area (Å²) in [5, 5.41) is 13.8. The number of imidazole rings is 1. The number of halogens is 1. The van der Waals surface area contributed by atoms with Crippen LogP contribution in [0.2, 0.25) is 0 Å². The highest BCUT2D eigenvalue weighted by Crippen LogP contribution is 2.41. The van der Waals surface area contributed by atoms with Crippen molar-refractivity contribution in [3.8, 4) is 17.1 Å². The molecule has 1 saturated carbocycles. The second-order valence-electron chi connectivity index (χ2n) is 9.93. The lowest BCUT2D eigenvalue weighted by molar-refractivity contribution is 0.0696. The third-order valence-electron chi connectivity index (χ3n) is 7.05. The second kappa shape index (κ2) is 10.2. The molecule has 3 heterocycles. The monoisotopic (exact) mass is 566 g/mol. The molecule has 1 fully saturated rings. The quantitative estimate of drug-likeness (QED) is 0.247. The summed E-state index contributed by atoms with van der Waals surface area (Å²) in [6.07, 6.45) is 6.06. The summed E-state index contributed by atoms with van der Waals surface area (Å²) < 4.78 is 11.0. The lowest BCUT2D eigenvalue weighted by atomic mass is 9.97. The van der Waals surface area contributed by atoms with E-state index < -0.39 is 5.97 Å². The largest absolute Gasteiger partial charge is 0.478 e. The lowest BCUT2D eigenvalue weighted by Crippen LogP contribution is -2.16. The number of pyridine rings is 1. The molecule has 0 amide bonds. The Morgan fingerprint density at radius 1 is 1.24 bits per heavy atom. The number of hydrogen-bond donors (Lipinski definition) is 2. The minimum atomic E-state index is -0.988. The van der Waals surface area contributed by atoms with Gasteiger partial charge in [0.05, 0.1) is 40.7 Å². The maximum Gasteiger partial charge on any atom is 0.335 e. The Labute approximate surface area is 223 Å². The van der Waals surface area contributed by atoms with Gasteiger partial charge in [-0.3, -0.25) is 4.98 Å². The SMILES string of the molecule is Cc1cc(C(=O)O)cc(-c2cnn(C)c2OCCC[C@H](Cn2c(N)nc3cc(Br)cc(C)c32)C2CC2)n1. The van der Waals surface area contributed by atoms with E-state index in [1.54, 1.807) is 29.9 Å². The number of aromatic nitrogens is 5. The molecule has 1 aliphatic carbocycles. The number of ether oxygens (including phenoxy) is 1. The van der Waals surface area contributed by atoms with E-state index in [9.17, 15) is 9.90 Å². The molecule has 3 N–H and O–H groups in total. The number of hydrogen-bond acceptors (Lipinski definition) is 6. The third kappa shape index (κ3) is 5.34. The number of carbonyl (C=O) groups is 1. The number of nitrogens with zero attached hydrogens (tertiary/aromatic N) is 5. The minimum Gasteiger partial charge on any atom is -0.478 e. The molecular formula is C27H31BrN6O3. The van der Waals surface area contributed by atoms with E-state index in [2.05, 4.69) is 48.6 Å². The molecule has 3 aromatic heterocycles. The molecule has 0 aliphatic heterocycles. The van der Waals surface area contributed by atoms with Crippen LogP contribution in [0.5, 0.6) is 5.88 Å². The van der Waals surface area contributed by atoms with Gasteiger partial charge >= 0.3 is 5.97 Å². The summed E-state index contributed by atoms with van der Waals surface area (Å²) in [7, 11) is 1.81. The van der Waals surface area contributed by atoms with Gasteiger partial charge in [-0.15, -0.1) is 0 Å². The second-order valence-corrected chi connectivity index (χ2v) is 10.8. The third-order valence-corrected chi connectivity index (χ3v) is 7.51. The molecule has 37 heavy (non-hydrogen) atoms. The van der Waals surface area contributed by atoms with Gasteiger partial charge in [-0.25, -0.2) is 14.5 Å². The molecule has 0 radical (unpaired) electrons. The summed E-state index contributed by atoms with van der Waals surface area (Å²) in [5.74, 6) is 1.35. The highest BCUT2D eigenvalue weighted by Gasteiger charge is 2.32. The zero-order valence-corrected chi connectivity index (χ0v) is 22.8. The Hall–Kier alpha value is -3.40. The summed E-state index contributed by atoms with van der Waals surface area (Å²) in [4.78, 5) is 20.6. The summed E-state index contributed by atoms with van der Waals surface area (Å²) >= 11 is 3.56. The number of anilines is 1. The van der Waals surface area contributed by atoms with Gasteiger partial charge < -0.3 is 20.1 Å². The van der Waals surface area contributed by atoms with Crippen LogP contribution in [0.4, 0.5) is 5.95 Å². The zero-order chi connectivity index (χ0) is 26.3. The van der Waals surface area contributed by atoms with Crippen LogP contribution in [-0.4, -0.2) is 42.0 Å². The number of aromatic carboxylic acids is 1. The maximum atomic E-state index is 11.5. The molecular weight excluding hydrogens is 536 g/mol. The van der Waals surface area contributed by atoms with E-state index in [-0.39, 0.29) is 5.56 Å². The van der Waals surface area contributed by atoms with Gasteiger partial charge in [0.25, 0.3) is 0 Å². The van der Waals surface area contributed by atoms with E-state index in [4.69, 9.17) is 10.5 Å². The van der Waals surface area contributed by atoms with Crippen molar-refractivity contribution in [2.75, 3.05) is 12.3 Å². The fraction of sp³-hybridized carbons (Fsp3) is 0.407. The Morgan fingerprint density at radius 2 is 2.03 bits per heavy atom. The van der Waals surface area contributed by atoms with E-state index >= 15 is 0 Å². The first-order valence-electron chi connectivity index (χ1n) is 12.5. The number of nitrogens with two attached hydrogens (primary N) is 1. The molecule has 9 nitrogen and oxygen atoms in total. The van der Waals surface area contributed by atoms with Gasteiger partial charge in [-0.2, -0.15) is 5.10 Å². The standard InChI is InChI=1S/C27H31BrN6O3/c1-15-9-20(28)12-23-24(15)34(27(29)32-23)14-18(17-6-7-17)5-4-8-37-25-21(13-30-33(25)3)22-11-19(26(35)36)10-16(2)31-22/h9-13,17-18H,4-8,14H2,1-3H3,(H2,29,32)(H,35,36)/t18-/m1/s1. The van der Waals surface area contributed by atoms with Gasteiger partial charge in [0.2, 0.25) is 11.8 Å². The first-order chi connectivity index (χ1) is 17.7. The van der Waals surface area contributed by atoms with Gasteiger partial charge in [0.1, 0.15) is 0 Å². The van der Waals surface area contributed by atoms with E-state index in [1.807, 2.05) is 13.1 Å². The van der Waals surface area contributed by atoms with Gasteiger partial charge in [0.15, 0.2) is 0 Å². The average molecular weight is 567 g/mol. The Morgan fingerprint density at radius 3 is 2.76 bits per heavy atom. The molecule has 0 bridgehead atoms. The molecule has 5 rings (SSSR count). The number of benzene rings is 1. The number of nitrogen functional groups attached to an aromatic ring is 1. The minimum absolute atomic E-state index is 0.193. The van der Waals surface area contributed by atoms with Crippen LogP contribution in [-0.2, 0) is 13.6 Å². The maximum absolute atomic E-state index is 11.5. The zero-order valence-electron chi connectivity index (χ0n) is 21.2. The lowest BCUT2D eigenvalue weighted by Gasteiger charge is -2.19. The normalized spacial score (nSPS) is 14.3. The topological polar surface area (TPSA) is 121 Å². The Bertz CT molecular complexity index is 1470. The molecule has 0 saturated heterocycles. The summed E-state index contributed by atoms with van der Waals surface area (Å²) in [6.45, 7) is 5.25. The predicted molar refractivity (Wildman–Crippen MR) is 146 cm³/mol. The molecule has 0 spiro atoms. The van der Waals surface area contributed by atoms with Crippen LogP contribution in [0.15, 0.2) is 34.9 Å². The number of rotatable bonds is 10. The van der Waals surface area contributed by atoms with Gasteiger partial charge in [-0.1, -0.05) is 15.9 Å². The highest BCUT2D eigenvalue weighted by molar-refractivity contribution is 9.10. The van der Waals surface area contributed by atoms with Crippen LogP contribution in [0, 0.1) is 25.7 Å². The molecule has 1 aliphatic rings. The first kappa shape index (κ1) is 25.3. The van der Waals surface area contributed by atoms with Crippen molar-refractivity contribution in [1.29, 1.82) is 0 Å². The predicted octanol–water partition coefficient (Wildman–Crippen LogP) is 5.38. The first-order valence-corrected chi connectivity index (χ1v) is 13.3.